The Morgan fingerprint density at radius 3 is 2.67 bits per heavy atom. The predicted octanol–water partition coefficient (Wildman–Crippen LogP) is 2.18. The number of hydrogen-bond acceptors (Lipinski definition) is 3. The standard InChI is InChI=1S/C11H14O4/c1-3-6-15-9-5-4-8(11(12)13)7-10(9)14-2/h4-5,7H,3,6H2,1-2H3,(H,12,13). The number of benzene rings is 1. The molecular formula is C11H14O4. The zero-order valence-electron chi connectivity index (χ0n) is 8.82. The van der Waals surface area contributed by atoms with Gasteiger partial charge in [-0.1, -0.05) is 6.92 Å². The molecule has 0 aliphatic carbocycles. The zero-order valence-corrected chi connectivity index (χ0v) is 8.82. The number of carbonyl (C=O) groups is 1. The van der Waals surface area contributed by atoms with E-state index in [2.05, 4.69) is 0 Å². The van der Waals surface area contributed by atoms with Crippen LogP contribution in [0, 0.1) is 0 Å². The molecule has 4 nitrogen and oxygen atoms in total. The van der Waals surface area contributed by atoms with Gasteiger partial charge in [0.25, 0.3) is 0 Å². The van der Waals surface area contributed by atoms with Gasteiger partial charge in [0.1, 0.15) is 0 Å². The monoisotopic (exact) mass is 210 g/mol. The minimum atomic E-state index is -0.977. The lowest BCUT2D eigenvalue weighted by Gasteiger charge is -2.10. The molecular weight excluding hydrogens is 196 g/mol. The molecule has 4 heteroatoms. The van der Waals surface area contributed by atoms with Crippen molar-refractivity contribution in [1.82, 2.24) is 0 Å². The van der Waals surface area contributed by atoms with Crippen LogP contribution in [0.1, 0.15) is 23.7 Å². The Hall–Kier alpha value is -1.71. The molecule has 0 saturated carbocycles. The van der Waals surface area contributed by atoms with E-state index < -0.39 is 5.97 Å². The highest BCUT2D eigenvalue weighted by atomic mass is 16.5. The van der Waals surface area contributed by atoms with E-state index in [1.54, 1.807) is 6.07 Å². The van der Waals surface area contributed by atoms with Crippen LogP contribution < -0.4 is 9.47 Å². The first kappa shape index (κ1) is 11.4. The van der Waals surface area contributed by atoms with E-state index in [0.29, 0.717) is 18.1 Å². The van der Waals surface area contributed by atoms with Crippen molar-refractivity contribution in [3.63, 3.8) is 0 Å². The van der Waals surface area contributed by atoms with E-state index in [4.69, 9.17) is 14.6 Å². The number of aromatic carboxylic acids is 1. The fraction of sp³-hybridized carbons (Fsp3) is 0.364. The number of hydrogen-bond donors (Lipinski definition) is 1. The lowest BCUT2D eigenvalue weighted by Crippen LogP contribution is -2.01. The predicted molar refractivity (Wildman–Crippen MR) is 55.7 cm³/mol. The molecule has 0 aromatic heterocycles. The second-order valence-electron chi connectivity index (χ2n) is 3.02. The van der Waals surface area contributed by atoms with E-state index in [9.17, 15) is 4.79 Å². The van der Waals surface area contributed by atoms with E-state index in [-0.39, 0.29) is 5.56 Å². The maximum atomic E-state index is 10.7. The van der Waals surface area contributed by atoms with Crippen molar-refractivity contribution in [2.24, 2.45) is 0 Å². The molecule has 0 radical (unpaired) electrons. The summed E-state index contributed by atoms with van der Waals surface area (Å²) in [4.78, 5) is 10.7. The summed E-state index contributed by atoms with van der Waals surface area (Å²) in [6.07, 6.45) is 0.893. The fourth-order valence-corrected chi connectivity index (χ4v) is 1.13. The summed E-state index contributed by atoms with van der Waals surface area (Å²) < 4.78 is 10.4. The molecule has 0 amide bonds. The highest BCUT2D eigenvalue weighted by molar-refractivity contribution is 5.88. The van der Waals surface area contributed by atoms with E-state index in [1.165, 1.54) is 19.2 Å². The van der Waals surface area contributed by atoms with E-state index in [0.717, 1.165) is 6.42 Å². The first-order chi connectivity index (χ1) is 7.19. The van der Waals surface area contributed by atoms with Gasteiger partial charge in [0.2, 0.25) is 0 Å². The first-order valence-corrected chi connectivity index (χ1v) is 4.73. The number of methoxy groups -OCH3 is 1. The Kier molecular flexibility index (Phi) is 3.97. The Morgan fingerprint density at radius 2 is 2.13 bits per heavy atom. The molecule has 0 aliphatic heterocycles. The SMILES string of the molecule is CCCOc1ccc(C(=O)O)cc1OC. The van der Waals surface area contributed by atoms with Gasteiger partial charge in [0.05, 0.1) is 19.3 Å². The molecule has 1 aromatic carbocycles. The number of rotatable bonds is 5. The van der Waals surface area contributed by atoms with Gasteiger partial charge in [-0.3, -0.25) is 0 Å². The van der Waals surface area contributed by atoms with Gasteiger partial charge in [-0.05, 0) is 24.6 Å². The van der Waals surface area contributed by atoms with E-state index >= 15 is 0 Å². The third-order valence-electron chi connectivity index (χ3n) is 1.87. The summed E-state index contributed by atoms with van der Waals surface area (Å²) in [6.45, 7) is 2.58. The molecule has 0 saturated heterocycles. The Bertz CT molecular complexity index is 346. The third kappa shape index (κ3) is 2.87. The van der Waals surface area contributed by atoms with Crippen LogP contribution in [-0.4, -0.2) is 24.8 Å². The second kappa shape index (κ2) is 5.24. The van der Waals surface area contributed by atoms with Crippen LogP contribution in [0.5, 0.6) is 11.5 Å². The summed E-state index contributed by atoms with van der Waals surface area (Å²) >= 11 is 0. The van der Waals surface area contributed by atoms with Gasteiger partial charge in [-0.2, -0.15) is 0 Å². The summed E-state index contributed by atoms with van der Waals surface area (Å²) in [5.41, 5.74) is 0.190. The highest BCUT2D eigenvalue weighted by Crippen LogP contribution is 2.28. The summed E-state index contributed by atoms with van der Waals surface area (Å²) in [5, 5.41) is 8.78. The summed E-state index contributed by atoms with van der Waals surface area (Å²) in [6, 6.07) is 4.56. The Labute approximate surface area is 88.4 Å². The molecule has 0 unspecified atom stereocenters. The molecule has 0 fully saturated rings. The normalized spacial score (nSPS) is 9.73. The summed E-state index contributed by atoms with van der Waals surface area (Å²) in [5.74, 6) is 0.0445. The van der Waals surface area contributed by atoms with Crippen molar-refractivity contribution in [2.45, 2.75) is 13.3 Å². The maximum Gasteiger partial charge on any atom is 0.335 e. The van der Waals surface area contributed by atoms with Crippen LogP contribution in [0.15, 0.2) is 18.2 Å². The van der Waals surface area contributed by atoms with Crippen molar-refractivity contribution in [3.8, 4) is 11.5 Å². The molecule has 0 spiro atoms. The largest absolute Gasteiger partial charge is 0.493 e. The molecule has 0 aliphatic rings. The molecule has 82 valence electrons. The van der Waals surface area contributed by atoms with Crippen LogP contribution in [0.4, 0.5) is 0 Å². The molecule has 0 heterocycles. The quantitative estimate of drug-likeness (QED) is 0.809. The summed E-state index contributed by atoms with van der Waals surface area (Å²) in [7, 11) is 1.49. The smallest absolute Gasteiger partial charge is 0.335 e. The van der Waals surface area contributed by atoms with Crippen molar-refractivity contribution < 1.29 is 19.4 Å². The number of carboxylic acids is 1. The molecule has 1 rings (SSSR count). The molecule has 1 aromatic rings. The minimum Gasteiger partial charge on any atom is -0.493 e. The lowest BCUT2D eigenvalue weighted by atomic mass is 10.2. The zero-order chi connectivity index (χ0) is 11.3. The highest BCUT2D eigenvalue weighted by Gasteiger charge is 2.09. The molecule has 0 bridgehead atoms. The van der Waals surface area contributed by atoms with Crippen molar-refractivity contribution >= 4 is 5.97 Å². The molecule has 0 atom stereocenters. The second-order valence-corrected chi connectivity index (χ2v) is 3.02. The average Bonchev–Trinajstić information content (AvgIpc) is 2.25. The van der Waals surface area contributed by atoms with Crippen LogP contribution in [0.3, 0.4) is 0 Å². The topological polar surface area (TPSA) is 55.8 Å². The van der Waals surface area contributed by atoms with Crippen molar-refractivity contribution in [2.75, 3.05) is 13.7 Å². The van der Waals surface area contributed by atoms with Gasteiger partial charge in [0, 0.05) is 0 Å². The Morgan fingerprint density at radius 1 is 1.40 bits per heavy atom. The lowest BCUT2D eigenvalue weighted by molar-refractivity contribution is 0.0696. The minimum absolute atomic E-state index is 0.190. The van der Waals surface area contributed by atoms with Crippen molar-refractivity contribution in [1.29, 1.82) is 0 Å². The molecule has 1 N–H and O–H groups in total. The number of ether oxygens (including phenoxy) is 2. The van der Waals surface area contributed by atoms with E-state index in [1.807, 2.05) is 6.92 Å². The maximum absolute atomic E-state index is 10.7. The van der Waals surface area contributed by atoms with Crippen LogP contribution in [-0.2, 0) is 0 Å². The van der Waals surface area contributed by atoms with Gasteiger partial charge in [-0.25, -0.2) is 4.79 Å². The van der Waals surface area contributed by atoms with Crippen LogP contribution in [0.25, 0.3) is 0 Å². The van der Waals surface area contributed by atoms with Gasteiger partial charge in [0.15, 0.2) is 11.5 Å². The van der Waals surface area contributed by atoms with Gasteiger partial charge >= 0.3 is 5.97 Å². The van der Waals surface area contributed by atoms with Crippen LogP contribution in [0.2, 0.25) is 0 Å². The number of carboxylic acid groups (broad SMARTS) is 1. The van der Waals surface area contributed by atoms with Crippen LogP contribution >= 0.6 is 0 Å². The van der Waals surface area contributed by atoms with Gasteiger partial charge in [-0.15, -0.1) is 0 Å². The average molecular weight is 210 g/mol. The third-order valence-corrected chi connectivity index (χ3v) is 1.87. The fourth-order valence-electron chi connectivity index (χ4n) is 1.13. The Balaban J connectivity index is 2.93. The molecule has 15 heavy (non-hydrogen) atoms. The van der Waals surface area contributed by atoms with Crippen molar-refractivity contribution in [3.05, 3.63) is 23.8 Å². The van der Waals surface area contributed by atoms with Gasteiger partial charge < -0.3 is 14.6 Å². The first-order valence-electron chi connectivity index (χ1n) is 4.73.